The summed E-state index contributed by atoms with van der Waals surface area (Å²) in [6, 6.07) is 7.06. The second-order valence-corrected chi connectivity index (χ2v) is 5.71. The topological polar surface area (TPSA) is 53.0 Å². The zero-order chi connectivity index (χ0) is 15.2. The Morgan fingerprint density at radius 2 is 1.82 bits per heavy atom. The molecule has 5 nitrogen and oxygen atoms in total. The van der Waals surface area contributed by atoms with Gasteiger partial charge in [-0.05, 0) is 43.6 Å². The van der Waals surface area contributed by atoms with E-state index >= 15 is 0 Å². The van der Waals surface area contributed by atoms with E-state index in [-0.39, 0.29) is 12.4 Å². The van der Waals surface area contributed by atoms with Gasteiger partial charge < -0.3 is 19.6 Å². The lowest BCUT2D eigenvalue weighted by molar-refractivity contribution is 0.101. The third kappa shape index (κ3) is 5.48. The van der Waals surface area contributed by atoms with Gasteiger partial charge in [0.2, 0.25) is 0 Å². The number of piperidine rings is 1. The van der Waals surface area contributed by atoms with Crippen LogP contribution in [-0.2, 0) is 0 Å². The molecule has 1 aromatic rings. The summed E-state index contributed by atoms with van der Waals surface area (Å²) in [5.74, 6) is 0.489. The molecule has 1 saturated heterocycles. The maximum Gasteiger partial charge on any atom is 0.414 e. The fourth-order valence-corrected chi connectivity index (χ4v) is 2.44. The highest BCUT2D eigenvalue weighted by Gasteiger charge is 2.16. The molecule has 1 aliphatic rings. The maximum atomic E-state index is 11.4. The third-order valence-corrected chi connectivity index (χ3v) is 3.72. The number of carbonyl (C=O) groups is 1. The van der Waals surface area contributed by atoms with Crippen LogP contribution < -0.4 is 4.74 Å². The van der Waals surface area contributed by atoms with E-state index in [9.17, 15) is 9.90 Å². The number of aliphatic hydroxyl groups excluding tert-OH is 1. The van der Waals surface area contributed by atoms with E-state index in [1.54, 1.807) is 26.2 Å². The molecule has 2 rings (SSSR count). The van der Waals surface area contributed by atoms with Crippen LogP contribution in [0.15, 0.2) is 24.3 Å². The van der Waals surface area contributed by atoms with Crippen LogP contribution in [0.3, 0.4) is 0 Å². The van der Waals surface area contributed by atoms with Gasteiger partial charge in [0, 0.05) is 20.6 Å². The highest BCUT2D eigenvalue weighted by atomic mass is 35.5. The van der Waals surface area contributed by atoms with Crippen molar-refractivity contribution in [2.24, 2.45) is 0 Å². The maximum absolute atomic E-state index is 11.4. The number of ether oxygens (including phenoxy) is 1. The van der Waals surface area contributed by atoms with Gasteiger partial charge in [-0.25, -0.2) is 4.79 Å². The Morgan fingerprint density at radius 1 is 1.23 bits per heavy atom. The quantitative estimate of drug-likeness (QED) is 0.923. The molecule has 0 saturated carbocycles. The van der Waals surface area contributed by atoms with E-state index in [0.29, 0.717) is 12.3 Å². The number of β-amino-alcohol motifs (C(OH)–C–C–N with tert-alkyl or cyclic N) is 1. The molecule has 0 aromatic heterocycles. The van der Waals surface area contributed by atoms with Crippen LogP contribution in [0.25, 0.3) is 0 Å². The summed E-state index contributed by atoms with van der Waals surface area (Å²) in [6.45, 7) is 2.79. The minimum absolute atomic E-state index is 0. The van der Waals surface area contributed by atoms with Gasteiger partial charge in [-0.3, -0.25) is 0 Å². The number of hydrogen-bond acceptors (Lipinski definition) is 4. The normalized spacial score (nSPS) is 16.5. The van der Waals surface area contributed by atoms with Crippen molar-refractivity contribution in [2.75, 3.05) is 33.7 Å². The summed E-state index contributed by atoms with van der Waals surface area (Å²) >= 11 is 0. The Kier molecular flexibility index (Phi) is 7.65. The molecule has 1 aliphatic heterocycles. The lowest BCUT2D eigenvalue weighted by atomic mass is 10.1. The van der Waals surface area contributed by atoms with E-state index in [1.165, 1.54) is 24.2 Å². The number of nitrogens with zero attached hydrogens (tertiary/aromatic N) is 2. The summed E-state index contributed by atoms with van der Waals surface area (Å²) < 4.78 is 5.16. The summed E-state index contributed by atoms with van der Waals surface area (Å²) in [5.41, 5.74) is 0.852. The molecule has 1 unspecified atom stereocenters. The molecule has 124 valence electrons. The minimum Gasteiger partial charge on any atom is -0.410 e. The smallest absolute Gasteiger partial charge is 0.410 e. The van der Waals surface area contributed by atoms with Crippen molar-refractivity contribution in [3.8, 4) is 5.75 Å². The molecule has 0 spiro atoms. The van der Waals surface area contributed by atoms with Gasteiger partial charge in [-0.15, -0.1) is 12.4 Å². The van der Waals surface area contributed by atoms with Crippen LogP contribution in [0, 0.1) is 0 Å². The Morgan fingerprint density at radius 3 is 2.36 bits per heavy atom. The monoisotopic (exact) mass is 328 g/mol. The molecular weight excluding hydrogens is 304 g/mol. The lowest BCUT2D eigenvalue weighted by Crippen LogP contribution is -2.33. The van der Waals surface area contributed by atoms with Crippen LogP contribution in [-0.4, -0.2) is 54.7 Å². The van der Waals surface area contributed by atoms with Crippen molar-refractivity contribution in [3.05, 3.63) is 29.8 Å². The molecule has 1 heterocycles. The van der Waals surface area contributed by atoms with Gasteiger partial charge in [-0.1, -0.05) is 18.6 Å². The molecule has 0 radical (unpaired) electrons. The molecule has 1 aromatic carbocycles. The van der Waals surface area contributed by atoms with Crippen LogP contribution in [0.2, 0.25) is 0 Å². The predicted octanol–water partition coefficient (Wildman–Crippen LogP) is 2.69. The molecule has 1 N–H and O–H groups in total. The Bertz CT molecular complexity index is 459. The zero-order valence-corrected chi connectivity index (χ0v) is 14.0. The van der Waals surface area contributed by atoms with Crippen molar-refractivity contribution in [1.82, 2.24) is 9.80 Å². The van der Waals surface area contributed by atoms with E-state index in [2.05, 4.69) is 4.90 Å². The largest absolute Gasteiger partial charge is 0.414 e. The first-order valence-corrected chi connectivity index (χ1v) is 7.46. The lowest BCUT2D eigenvalue weighted by Gasteiger charge is -2.28. The van der Waals surface area contributed by atoms with E-state index < -0.39 is 12.2 Å². The van der Waals surface area contributed by atoms with Crippen molar-refractivity contribution >= 4 is 18.5 Å². The van der Waals surface area contributed by atoms with Crippen molar-refractivity contribution in [2.45, 2.75) is 25.4 Å². The standard InChI is InChI=1S/C16H24N2O3.ClH/c1-17(2)16(20)21-14-8-6-13(7-9-14)15(19)12-18-10-4-3-5-11-18;/h6-9,15,19H,3-5,10-12H2,1-2H3;1H. The Hall–Kier alpha value is -1.30. The van der Waals surface area contributed by atoms with Gasteiger partial charge in [0.25, 0.3) is 0 Å². The average Bonchev–Trinajstić information content (AvgIpc) is 2.48. The molecular formula is C16H25ClN2O3. The molecule has 1 atom stereocenters. The molecule has 0 bridgehead atoms. The SMILES string of the molecule is CN(C)C(=O)Oc1ccc(C(O)CN2CCCCC2)cc1.Cl. The number of aliphatic hydroxyl groups is 1. The van der Waals surface area contributed by atoms with Crippen LogP contribution in [0.4, 0.5) is 4.79 Å². The fourth-order valence-electron chi connectivity index (χ4n) is 2.44. The molecule has 0 aliphatic carbocycles. The molecule has 6 heteroatoms. The van der Waals surface area contributed by atoms with Crippen LogP contribution in [0.1, 0.15) is 30.9 Å². The molecule has 1 amide bonds. The highest BCUT2D eigenvalue weighted by Crippen LogP contribution is 2.20. The number of carbonyl (C=O) groups excluding carboxylic acids is 1. The second-order valence-electron chi connectivity index (χ2n) is 5.71. The van der Waals surface area contributed by atoms with E-state index in [1.807, 2.05) is 12.1 Å². The predicted molar refractivity (Wildman–Crippen MR) is 88.7 cm³/mol. The van der Waals surface area contributed by atoms with Gasteiger partial charge in [0.05, 0.1) is 6.10 Å². The molecule has 1 fully saturated rings. The number of hydrogen-bond donors (Lipinski definition) is 1. The first-order chi connectivity index (χ1) is 10.1. The number of rotatable bonds is 4. The molecule has 22 heavy (non-hydrogen) atoms. The third-order valence-electron chi connectivity index (χ3n) is 3.72. The zero-order valence-electron chi connectivity index (χ0n) is 13.2. The van der Waals surface area contributed by atoms with Gasteiger partial charge >= 0.3 is 6.09 Å². The van der Waals surface area contributed by atoms with E-state index in [4.69, 9.17) is 4.74 Å². The second kappa shape index (κ2) is 8.98. The van der Waals surface area contributed by atoms with E-state index in [0.717, 1.165) is 18.7 Å². The summed E-state index contributed by atoms with van der Waals surface area (Å²) in [7, 11) is 3.28. The summed E-state index contributed by atoms with van der Waals surface area (Å²) in [4.78, 5) is 15.1. The number of amides is 1. The number of likely N-dealkylation sites (tertiary alicyclic amines) is 1. The van der Waals surface area contributed by atoms with Gasteiger partial charge in [0.15, 0.2) is 0 Å². The number of halogens is 1. The first-order valence-electron chi connectivity index (χ1n) is 7.46. The van der Waals surface area contributed by atoms with Crippen LogP contribution in [0.5, 0.6) is 5.75 Å². The van der Waals surface area contributed by atoms with Crippen LogP contribution >= 0.6 is 12.4 Å². The fraction of sp³-hybridized carbons (Fsp3) is 0.562. The summed E-state index contributed by atoms with van der Waals surface area (Å²) in [6.07, 6.45) is 2.81. The van der Waals surface area contributed by atoms with Crippen molar-refractivity contribution < 1.29 is 14.6 Å². The van der Waals surface area contributed by atoms with Gasteiger partial charge in [0.1, 0.15) is 5.75 Å². The average molecular weight is 329 g/mol. The summed E-state index contributed by atoms with van der Waals surface area (Å²) in [5, 5.41) is 10.3. The number of benzene rings is 1. The van der Waals surface area contributed by atoms with Crippen molar-refractivity contribution in [3.63, 3.8) is 0 Å². The Labute approximate surface area is 138 Å². The minimum atomic E-state index is -0.498. The highest BCUT2D eigenvalue weighted by molar-refractivity contribution is 5.85. The van der Waals surface area contributed by atoms with Gasteiger partial charge in [-0.2, -0.15) is 0 Å². The Balaban J connectivity index is 0.00000242. The van der Waals surface area contributed by atoms with Crippen molar-refractivity contribution in [1.29, 1.82) is 0 Å². The first kappa shape index (κ1) is 18.7.